The van der Waals surface area contributed by atoms with E-state index in [4.69, 9.17) is 25.2 Å². The average Bonchev–Trinajstić information content (AvgIpc) is 2.05. The molecule has 0 aromatic rings. The van der Waals surface area contributed by atoms with Crippen LogP contribution in [0.25, 0.3) is 0 Å². The molecule has 0 aromatic carbocycles. The predicted octanol–water partition coefficient (Wildman–Crippen LogP) is 2.81. The van der Waals surface area contributed by atoms with Gasteiger partial charge in [-0.3, -0.25) is 13.6 Å². The third-order valence-electron chi connectivity index (χ3n) is 1.10. The van der Waals surface area contributed by atoms with Crippen molar-refractivity contribution in [2.45, 2.75) is 20.3 Å². The molecule has 0 N–H and O–H groups in total. The fourth-order valence-corrected chi connectivity index (χ4v) is 1.98. The smallest absolute Gasteiger partial charge is 0.287 e. The number of hydrogen-bond acceptors (Lipinski definition) is 4. The van der Waals surface area contributed by atoms with Crippen molar-refractivity contribution in [2.75, 3.05) is 25.7 Å². The number of halogens is 1. The second kappa shape index (κ2) is 7.77. The molecule has 0 saturated heterocycles. The lowest BCUT2D eigenvalue weighted by Crippen LogP contribution is -2.01. The van der Waals surface area contributed by atoms with Gasteiger partial charge in [0, 0.05) is 5.88 Å². The lowest BCUT2D eigenvalue weighted by molar-refractivity contribution is 0.122. The summed E-state index contributed by atoms with van der Waals surface area (Å²) in [6.45, 7) is 4.37. The van der Waals surface area contributed by atoms with Crippen molar-refractivity contribution in [3.05, 3.63) is 0 Å². The number of phosphoric acid groups is 1. The van der Waals surface area contributed by atoms with Crippen LogP contribution < -0.4 is 0 Å². The molecule has 0 atom stereocenters. The van der Waals surface area contributed by atoms with Crippen LogP contribution in [0.5, 0.6) is 0 Å². The summed E-state index contributed by atoms with van der Waals surface area (Å²) >= 11 is 5.43. The molecule has 0 fully saturated rings. The first-order chi connectivity index (χ1) is 6.18. The quantitative estimate of drug-likeness (QED) is 0.365. The zero-order chi connectivity index (χ0) is 10.2. The van der Waals surface area contributed by atoms with Gasteiger partial charge in [0.2, 0.25) is 0 Å². The molecule has 4 nitrogen and oxygen atoms in total. The Hall–Kier alpha value is 0.400. The summed E-state index contributed by atoms with van der Waals surface area (Å²) in [4.78, 5) is 0. The van der Waals surface area contributed by atoms with Crippen molar-refractivity contribution in [2.24, 2.45) is 0 Å². The average molecular weight is 231 g/mol. The van der Waals surface area contributed by atoms with E-state index < -0.39 is 7.82 Å². The molecule has 0 aliphatic heterocycles. The Morgan fingerprint density at radius 3 is 2.08 bits per heavy atom. The Labute approximate surface area is 84.1 Å². The van der Waals surface area contributed by atoms with E-state index in [1.807, 2.05) is 0 Å². The summed E-state index contributed by atoms with van der Waals surface area (Å²) in [6, 6.07) is 0. The Morgan fingerprint density at radius 1 is 1.15 bits per heavy atom. The first-order valence-corrected chi connectivity index (χ1v) is 6.27. The van der Waals surface area contributed by atoms with Crippen molar-refractivity contribution < 1.29 is 18.1 Å². The minimum atomic E-state index is -3.31. The summed E-state index contributed by atoms with van der Waals surface area (Å²) in [5.41, 5.74) is 0. The van der Waals surface area contributed by atoms with E-state index in [0.29, 0.717) is 32.1 Å². The highest BCUT2D eigenvalue weighted by atomic mass is 35.5. The summed E-state index contributed by atoms with van der Waals surface area (Å²) in [5.74, 6) is 0.470. The van der Waals surface area contributed by atoms with Gasteiger partial charge in [-0.25, -0.2) is 4.57 Å². The van der Waals surface area contributed by atoms with E-state index in [1.54, 1.807) is 13.8 Å². The first kappa shape index (κ1) is 13.4. The third-order valence-corrected chi connectivity index (χ3v) is 3.02. The monoisotopic (exact) mass is 230 g/mol. The molecule has 0 unspecified atom stereocenters. The lowest BCUT2D eigenvalue weighted by atomic mass is 10.5. The molecular weight excluding hydrogens is 214 g/mol. The van der Waals surface area contributed by atoms with Gasteiger partial charge in [0.25, 0.3) is 0 Å². The Morgan fingerprint density at radius 2 is 1.69 bits per heavy atom. The van der Waals surface area contributed by atoms with Crippen molar-refractivity contribution >= 4 is 19.4 Å². The first-order valence-electron chi connectivity index (χ1n) is 4.28. The topological polar surface area (TPSA) is 44.8 Å². The fraction of sp³-hybridized carbons (Fsp3) is 1.00. The van der Waals surface area contributed by atoms with Crippen LogP contribution in [0.3, 0.4) is 0 Å². The van der Waals surface area contributed by atoms with Gasteiger partial charge in [-0.2, -0.15) is 0 Å². The number of phosphoric ester groups is 1. The highest BCUT2D eigenvalue weighted by Gasteiger charge is 2.24. The highest BCUT2D eigenvalue weighted by Crippen LogP contribution is 2.49. The maximum atomic E-state index is 11.6. The van der Waals surface area contributed by atoms with Crippen molar-refractivity contribution in [1.29, 1.82) is 0 Å². The largest absolute Gasteiger partial charge is 0.474 e. The molecule has 0 heterocycles. The molecule has 0 amide bonds. The fourth-order valence-electron chi connectivity index (χ4n) is 0.659. The molecule has 0 aliphatic carbocycles. The summed E-state index contributed by atoms with van der Waals surface area (Å²) in [7, 11) is -3.31. The van der Waals surface area contributed by atoms with Crippen molar-refractivity contribution in [3.8, 4) is 0 Å². The van der Waals surface area contributed by atoms with E-state index >= 15 is 0 Å². The van der Waals surface area contributed by atoms with Gasteiger partial charge in [0.1, 0.15) is 0 Å². The van der Waals surface area contributed by atoms with Gasteiger partial charge >= 0.3 is 7.82 Å². The van der Waals surface area contributed by atoms with Crippen molar-refractivity contribution in [3.63, 3.8) is 0 Å². The summed E-state index contributed by atoms with van der Waals surface area (Å²) < 4.78 is 26.3. The van der Waals surface area contributed by atoms with Gasteiger partial charge in [0.15, 0.2) is 0 Å². The lowest BCUT2D eigenvalue weighted by Gasteiger charge is -2.15. The van der Waals surface area contributed by atoms with Gasteiger partial charge in [0.05, 0.1) is 19.8 Å². The van der Waals surface area contributed by atoms with Gasteiger partial charge in [-0.05, 0) is 20.3 Å². The molecule has 0 radical (unpaired) electrons. The van der Waals surface area contributed by atoms with E-state index in [9.17, 15) is 4.57 Å². The van der Waals surface area contributed by atoms with Gasteiger partial charge in [-0.1, -0.05) is 0 Å². The van der Waals surface area contributed by atoms with Crippen LogP contribution in [-0.4, -0.2) is 25.7 Å². The molecule has 0 spiro atoms. The van der Waals surface area contributed by atoms with Crippen LogP contribution in [0.4, 0.5) is 0 Å². The molecule has 0 saturated carbocycles. The normalized spacial score (nSPS) is 11.9. The summed E-state index contributed by atoms with van der Waals surface area (Å²) in [6.07, 6.45) is 0.631. The summed E-state index contributed by atoms with van der Waals surface area (Å²) in [5, 5.41) is 0. The SMILES string of the molecule is CCOP(=O)(OCC)OCCCCl. The van der Waals surface area contributed by atoms with Crippen molar-refractivity contribution in [1.82, 2.24) is 0 Å². The molecule has 0 aliphatic rings. The molecular formula is C7H16ClO4P. The van der Waals surface area contributed by atoms with Crippen LogP contribution in [0.15, 0.2) is 0 Å². The second-order valence-corrected chi connectivity index (χ2v) is 4.21. The molecule has 0 aromatic heterocycles. The van der Waals surface area contributed by atoms with Crippen LogP contribution in [0, 0.1) is 0 Å². The van der Waals surface area contributed by atoms with E-state index in [-0.39, 0.29) is 0 Å². The zero-order valence-corrected chi connectivity index (χ0v) is 9.64. The number of alkyl halides is 1. The zero-order valence-electron chi connectivity index (χ0n) is 7.99. The minimum Gasteiger partial charge on any atom is -0.287 e. The molecule has 0 bridgehead atoms. The van der Waals surface area contributed by atoms with E-state index in [0.717, 1.165) is 0 Å². The molecule has 0 rings (SSSR count). The number of hydrogen-bond donors (Lipinski definition) is 0. The second-order valence-electron chi connectivity index (χ2n) is 2.16. The van der Waals surface area contributed by atoms with E-state index in [1.165, 1.54) is 0 Å². The maximum Gasteiger partial charge on any atom is 0.474 e. The molecule has 13 heavy (non-hydrogen) atoms. The highest BCUT2D eigenvalue weighted by molar-refractivity contribution is 7.48. The van der Waals surface area contributed by atoms with Gasteiger partial charge in [-0.15, -0.1) is 11.6 Å². The molecule has 6 heteroatoms. The minimum absolute atomic E-state index is 0.292. The van der Waals surface area contributed by atoms with E-state index in [2.05, 4.69) is 0 Å². The Kier molecular flexibility index (Phi) is 8.01. The van der Waals surface area contributed by atoms with Crippen LogP contribution >= 0.6 is 19.4 Å². The van der Waals surface area contributed by atoms with Crippen LogP contribution in [-0.2, 0) is 18.1 Å². The predicted molar refractivity (Wildman–Crippen MR) is 52.1 cm³/mol. The Balaban J connectivity index is 3.85. The van der Waals surface area contributed by atoms with Crippen LogP contribution in [0.1, 0.15) is 20.3 Å². The standard InChI is InChI=1S/C7H16ClO4P/c1-3-10-13(9,11-4-2)12-7-5-6-8/h3-7H2,1-2H3. The Bertz CT molecular complexity index is 155. The number of rotatable bonds is 8. The molecule has 80 valence electrons. The maximum absolute atomic E-state index is 11.6. The van der Waals surface area contributed by atoms with Gasteiger partial charge < -0.3 is 0 Å². The van der Waals surface area contributed by atoms with Crippen LogP contribution in [0.2, 0.25) is 0 Å². The third kappa shape index (κ3) is 6.47.